The van der Waals surface area contributed by atoms with Gasteiger partial charge in [-0.3, -0.25) is 4.99 Å². The topological polar surface area (TPSA) is 12.4 Å². The third-order valence-corrected chi connectivity index (χ3v) is 3.17. The van der Waals surface area contributed by atoms with Crippen LogP contribution in [-0.2, 0) is 6.42 Å². The summed E-state index contributed by atoms with van der Waals surface area (Å²) < 4.78 is 0. The van der Waals surface area contributed by atoms with Crippen LogP contribution in [0.25, 0.3) is 0 Å². The number of unbranched alkanes of at least 4 members (excludes halogenated alkanes) is 2. The molecule has 0 N–H and O–H groups in total. The summed E-state index contributed by atoms with van der Waals surface area (Å²) >= 11 is 0. The summed E-state index contributed by atoms with van der Waals surface area (Å²) in [6.07, 6.45) is 6.96. The lowest BCUT2D eigenvalue weighted by Gasteiger charge is -2.01. The van der Waals surface area contributed by atoms with Gasteiger partial charge >= 0.3 is 0 Å². The summed E-state index contributed by atoms with van der Waals surface area (Å²) in [6, 6.07) is 18.8. The van der Waals surface area contributed by atoms with Gasteiger partial charge in [-0.05, 0) is 36.1 Å². The second-order valence-corrected chi connectivity index (χ2v) is 4.79. The van der Waals surface area contributed by atoms with Crippen molar-refractivity contribution < 1.29 is 0 Å². The molecular weight excluding hydrogens is 230 g/mol. The second kappa shape index (κ2) is 7.52. The molecule has 0 aliphatic heterocycles. The summed E-state index contributed by atoms with van der Waals surface area (Å²) in [5, 5.41) is 0. The summed E-state index contributed by atoms with van der Waals surface area (Å²) in [6.45, 7) is 2.24. The molecule has 0 bridgehead atoms. The van der Waals surface area contributed by atoms with Gasteiger partial charge in [0, 0.05) is 6.21 Å². The van der Waals surface area contributed by atoms with Gasteiger partial charge in [-0.2, -0.15) is 0 Å². The van der Waals surface area contributed by atoms with E-state index in [4.69, 9.17) is 0 Å². The van der Waals surface area contributed by atoms with Crippen LogP contribution in [0.3, 0.4) is 0 Å². The van der Waals surface area contributed by atoms with Gasteiger partial charge < -0.3 is 0 Å². The molecule has 0 unspecified atom stereocenters. The molecule has 0 aliphatic carbocycles. The lowest BCUT2D eigenvalue weighted by molar-refractivity contribution is 0.717. The normalized spacial score (nSPS) is 11.0. The molecule has 1 nitrogen and oxygen atoms in total. The van der Waals surface area contributed by atoms with Crippen molar-refractivity contribution in [1.82, 2.24) is 0 Å². The predicted octanol–water partition coefficient (Wildman–Crippen LogP) is 5.17. The molecule has 0 aromatic heterocycles. The van der Waals surface area contributed by atoms with E-state index in [2.05, 4.69) is 48.3 Å². The third-order valence-electron chi connectivity index (χ3n) is 3.17. The number of aliphatic imine (C=N–C) groups is 1. The monoisotopic (exact) mass is 251 g/mol. The zero-order valence-electron chi connectivity index (χ0n) is 11.5. The summed E-state index contributed by atoms with van der Waals surface area (Å²) in [5.74, 6) is 0. The molecule has 2 aromatic rings. The van der Waals surface area contributed by atoms with Gasteiger partial charge in [0.05, 0.1) is 5.69 Å². The number of hydrogen-bond acceptors (Lipinski definition) is 1. The van der Waals surface area contributed by atoms with Gasteiger partial charge in [0.2, 0.25) is 0 Å². The largest absolute Gasteiger partial charge is 0.256 e. The maximum Gasteiger partial charge on any atom is 0.0630 e. The van der Waals surface area contributed by atoms with E-state index in [1.54, 1.807) is 0 Å². The molecule has 1 heteroatoms. The number of hydrogen-bond donors (Lipinski definition) is 0. The average molecular weight is 251 g/mol. The van der Waals surface area contributed by atoms with Crippen molar-refractivity contribution in [1.29, 1.82) is 0 Å². The molecule has 2 aromatic carbocycles. The minimum Gasteiger partial charge on any atom is -0.256 e. The summed E-state index contributed by atoms with van der Waals surface area (Å²) in [4.78, 5) is 4.49. The van der Waals surface area contributed by atoms with Gasteiger partial charge in [0.25, 0.3) is 0 Å². The van der Waals surface area contributed by atoms with E-state index in [0.29, 0.717) is 0 Å². The molecule has 0 saturated heterocycles. The molecule has 0 heterocycles. The Morgan fingerprint density at radius 3 is 2.32 bits per heavy atom. The zero-order chi connectivity index (χ0) is 13.3. The van der Waals surface area contributed by atoms with E-state index < -0.39 is 0 Å². The van der Waals surface area contributed by atoms with Gasteiger partial charge in [0.15, 0.2) is 0 Å². The number of benzene rings is 2. The number of aryl methyl sites for hydroxylation is 1. The van der Waals surface area contributed by atoms with Crippen LogP contribution in [0.2, 0.25) is 0 Å². The average Bonchev–Trinajstić information content (AvgIpc) is 2.48. The van der Waals surface area contributed by atoms with Gasteiger partial charge in [-0.25, -0.2) is 0 Å². The molecule has 0 atom stereocenters. The van der Waals surface area contributed by atoms with Crippen LogP contribution in [0.5, 0.6) is 0 Å². The first kappa shape index (κ1) is 13.5. The molecule has 0 amide bonds. The van der Waals surface area contributed by atoms with E-state index >= 15 is 0 Å². The maximum atomic E-state index is 4.49. The van der Waals surface area contributed by atoms with Crippen molar-refractivity contribution in [3.8, 4) is 0 Å². The highest BCUT2D eigenvalue weighted by molar-refractivity contribution is 5.81. The fourth-order valence-corrected chi connectivity index (χ4v) is 2.02. The first-order chi connectivity index (χ1) is 9.38. The van der Waals surface area contributed by atoms with Crippen LogP contribution < -0.4 is 0 Å². The van der Waals surface area contributed by atoms with Crippen LogP contribution in [0.15, 0.2) is 59.6 Å². The fraction of sp³-hybridized carbons (Fsp3) is 0.278. The second-order valence-electron chi connectivity index (χ2n) is 4.79. The van der Waals surface area contributed by atoms with Crippen molar-refractivity contribution in [2.75, 3.05) is 0 Å². The molecule has 0 spiro atoms. The highest BCUT2D eigenvalue weighted by atomic mass is 14.7. The molecule has 0 aliphatic rings. The molecule has 98 valence electrons. The van der Waals surface area contributed by atoms with Crippen molar-refractivity contribution in [3.63, 3.8) is 0 Å². The van der Waals surface area contributed by atoms with Crippen LogP contribution in [0, 0.1) is 0 Å². The Kier molecular flexibility index (Phi) is 5.36. The minimum absolute atomic E-state index is 1.02. The van der Waals surface area contributed by atoms with E-state index in [0.717, 1.165) is 11.3 Å². The Hall–Kier alpha value is -1.89. The minimum atomic E-state index is 1.02. The smallest absolute Gasteiger partial charge is 0.0630 e. The van der Waals surface area contributed by atoms with Crippen molar-refractivity contribution >= 4 is 11.9 Å². The maximum absolute atomic E-state index is 4.49. The van der Waals surface area contributed by atoms with E-state index in [-0.39, 0.29) is 0 Å². The predicted molar refractivity (Wildman–Crippen MR) is 83.4 cm³/mol. The SMILES string of the molecule is CCCCCc1ccc(N=Cc2ccccc2)cc1. The quantitative estimate of drug-likeness (QED) is 0.496. The van der Waals surface area contributed by atoms with Crippen LogP contribution >= 0.6 is 0 Å². The lowest BCUT2D eigenvalue weighted by Crippen LogP contribution is -1.84. The molecule has 2 rings (SSSR count). The fourth-order valence-electron chi connectivity index (χ4n) is 2.02. The highest BCUT2D eigenvalue weighted by Gasteiger charge is 1.94. The number of rotatable bonds is 6. The first-order valence-electron chi connectivity index (χ1n) is 7.06. The van der Waals surface area contributed by atoms with Crippen molar-refractivity contribution in [2.24, 2.45) is 4.99 Å². The molecule has 0 saturated carbocycles. The Morgan fingerprint density at radius 2 is 1.63 bits per heavy atom. The van der Waals surface area contributed by atoms with Crippen molar-refractivity contribution in [2.45, 2.75) is 32.6 Å². The van der Waals surface area contributed by atoms with Crippen LogP contribution in [0.4, 0.5) is 5.69 Å². The van der Waals surface area contributed by atoms with E-state index in [1.165, 1.54) is 31.2 Å². The highest BCUT2D eigenvalue weighted by Crippen LogP contribution is 2.15. The van der Waals surface area contributed by atoms with E-state index in [9.17, 15) is 0 Å². The Balaban J connectivity index is 1.93. The van der Waals surface area contributed by atoms with Gasteiger partial charge in [0.1, 0.15) is 0 Å². The Bertz CT molecular complexity index is 497. The first-order valence-corrected chi connectivity index (χ1v) is 7.06. The Labute approximate surface area is 116 Å². The van der Waals surface area contributed by atoms with Crippen LogP contribution in [0.1, 0.15) is 37.3 Å². The summed E-state index contributed by atoms with van der Waals surface area (Å²) in [5.41, 5.74) is 3.56. The number of nitrogens with zero attached hydrogens (tertiary/aromatic N) is 1. The van der Waals surface area contributed by atoms with Crippen LogP contribution in [-0.4, -0.2) is 6.21 Å². The molecule has 0 radical (unpaired) electrons. The molecular formula is C18H21N. The standard InChI is InChI=1S/C18H21N/c1-2-3-5-8-16-11-13-18(14-12-16)19-15-17-9-6-4-7-10-17/h4,6-7,9-15H,2-3,5,8H2,1H3. The van der Waals surface area contributed by atoms with E-state index in [1.807, 2.05) is 24.4 Å². The third kappa shape index (κ3) is 4.70. The van der Waals surface area contributed by atoms with Gasteiger partial charge in [-0.15, -0.1) is 0 Å². The van der Waals surface area contributed by atoms with Crippen molar-refractivity contribution in [3.05, 3.63) is 65.7 Å². The molecule has 19 heavy (non-hydrogen) atoms. The zero-order valence-corrected chi connectivity index (χ0v) is 11.5. The molecule has 0 fully saturated rings. The Morgan fingerprint density at radius 1 is 0.895 bits per heavy atom. The lowest BCUT2D eigenvalue weighted by atomic mass is 10.1. The summed E-state index contributed by atoms with van der Waals surface area (Å²) in [7, 11) is 0. The van der Waals surface area contributed by atoms with Gasteiger partial charge in [-0.1, -0.05) is 62.2 Å².